The second-order valence-corrected chi connectivity index (χ2v) is 5.55. The number of nitrogens with zero attached hydrogens (tertiary/aromatic N) is 1. The molecule has 2 rings (SSSR count). The fraction of sp³-hybridized carbons (Fsp3) is 0.533. The molecule has 2 atom stereocenters. The molecule has 1 amide bonds. The molecule has 0 aromatic heterocycles. The molecule has 0 heterocycles. The van der Waals surface area contributed by atoms with Crippen LogP contribution in [-0.4, -0.2) is 28.6 Å². The van der Waals surface area contributed by atoms with Crippen molar-refractivity contribution in [1.82, 2.24) is 5.32 Å². The molecule has 0 saturated heterocycles. The summed E-state index contributed by atoms with van der Waals surface area (Å²) >= 11 is 0. The molecule has 1 aliphatic carbocycles. The quantitative estimate of drug-likeness (QED) is 0.657. The standard InChI is InChI=1S/C15H20N2O4/c1-10-5-4-7-12(14(10)17(20)21)15(19)16-9-11-6-2-3-8-13(11)18/h4-5,7,11,13,18H,2-3,6,8-9H2,1H3,(H,16,19). The topological polar surface area (TPSA) is 92.5 Å². The van der Waals surface area contributed by atoms with Crippen LogP contribution in [0.25, 0.3) is 0 Å². The summed E-state index contributed by atoms with van der Waals surface area (Å²) in [5.74, 6) is -0.422. The van der Waals surface area contributed by atoms with Crippen LogP contribution in [-0.2, 0) is 0 Å². The Kier molecular flexibility index (Phi) is 4.90. The van der Waals surface area contributed by atoms with E-state index in [0.717, 1.165) is 25.7 Å². The molecule has 6 heteroatoms. The van der Waals surface area contributed by atoms with Crippen molar-refractivity contribution in [1.29, 1.82) is 0 Å². The van der Waals surface area contributed by atoms with Crippen LogP contribution in [0.2, 0.25) is 0 Å². The first-order chi connectivity index (χ1) is 10.0. The van der Waals surface area contributed by atoms with Crippen LogP contribution in [0.3, 0.4) is 0 Å². The zero-order valence-corrected chi connectivity index (χ0v) is 12.0. The minimum absolute atomic E-state index is 0.0339. The second-order valence-electron chi connectivity index (χ2n) is 5.55. The number of para-hydroxylation sites is 1. The third-order valence-corrected chi connectivity index (χ3v) is 4.06. The van der Waals surface area contributed by atoms with E-state index in [-0.39, 0.29) is 17.2 Å². The van der Waals surface area contributed by atoms with Crippen LogP contribution < -0.4 is 5.32 Å². The summed E-state index contributed by atoms with van der Waals surface area (Å²) in [7, 11) is 0. The van der Waals surface area contributed by atoms with Crippen LogP contribution in [0.5, 0.6) is 0 Å². The van der Waals surface area contributed by atoms with E-state index in [2.05, 4.69) is 5.32 Å². The smallest absolute Gasteiger partial charge is 0.285 e. The summed E-state index contributed by atoms with van der Waals surface area (Å²) in [4.78, 5) is 22.7. The van der Waals surface area contributed by atoms with E-state index in [1.165, 1.54) is 6.07 Å². The van der Waals surface area contributed by atoms with Gasteiger partial charge in [-0.2, -0.15) is 0 Å². The number of nitro benzene ring substituents is 1. The third kappa shape index (κ3) is 3.58. The monoisotopic (exact) mass is 292 g/mol. The largest absolute Gasteiger partial charge is 0.393 e. The van der Waals surface area contributed by atoms with Gasteiger partial charge < -0.3 is 10.4 Å². The Morgan fingerprint density at radius 3 is 2.81 bits per heavy atom. The molecular weight excluding hydrogens is 272 g/mol. The number of nitrogens with one attached hydrogen (secondary N) is 1. The number of aliphatic hydroxyl groups excluding tert-OH is 1. The molecule has 114 valence electrons. The number of hydrogen-bond acceptors (Lipinski definition) is 4. The Balaban J connectivity index is 2.07. The summed E-state index contributed by atoms with van der Waals surface area (Å²) in [6.45, 7) is 1.96. The van der Waals surface area contributed by atoms with Gasteiger partial charge in [-0.1, -0.05) is 25.0 Å². The first kappa shape index (κ1) is 15.4. The number of aryl methyl sites for hydroxylation is 1. The number of benzene rings is 1. The summed E-state index contributed by atoms with van der Waals surface area (Å²) in [5.41, 5.74) is 0.384. The lowest BCUT2D eigenvalue weighted by Crippen LogP contribution is -2.36. The predicted octanol–water partition coefficient (Wildman–Crippen LogP) is 2.18. The maximum atomic E-state index is 12.2. The average Bonchev–Trinajstić information content (AvgIpc) is 2.45. The molecular formula is C15H20N2O4. The Hall–Kier alpha value is -1.95. The molecule has 0 spiro atoms. The van der Waals surface area contributed by atoms with E-state index in [1.807, 2.05) is 0 Å². The number of rotatable bonds is 4. The van der Waals surface area contributed by atoms with Crippen molar-refractivity contribution in [3.63, 3.8) is 0 Å². The molecule has 1 aromatic carbocycles. The second kappa shape index (κ2) is 6.67. The van der Waals surface area contributed by atoms with Gasteiger partial charge in [0.1, 0.15) is 5.56 Å². The van der Waals surface area contributed by atoms with Crippen molar-refractivity contribution < 1.29 is 14.8 Å². The van der Waals surface area contributed by atoms with E-state index in [0.29, 0.717) is 12.1 Å². The first-order valence-corrected chi connectivity index (χ1v) is 7.21. The van der Waals surface area contributed by atoms with Crippen molar-refractivity contribution in [2.75, 3.05) is 6.54 Å². The molecule has 2 unspecified atom stereocenters. The van der Waals surface area contributed by atoms with E-state index >= 15 is 0 Å². The number of amides is 1. The van der Waals surface area contributed by atoms with Crippen LogP contribution in [0.15, 0.2) is 18.2 Å². The third-order valence-electron chi connectivity index (χ3n) is 4.06. The lowest BCUT2D eigenvalue weighted by molar-refractivity contribution is -0.385. The Morgan fingerprint density at radius 2 is 2.14 bits per heavy atom. The highest BCUT2D eigenvalue weighted by molar-refractivity contribution is 5.98. The minimum atomic E-state index is -0.528. The highest BCUT2D eigenvalue weighted by Gasteiger charge is 2.26. The molecule has 2 N–H and O–H groups in total. The highest BCUT2D eigenvalue weighted by Crippen LogP contribution is 2.25. The predicted molar refractivity (Wildman–Crippen MR) is 78.1 cm³/mol. The lowest BCUT2D eigenvalue weighted by Gasteiger charge is -2.27. The maximum Gasteiger partial charge on any atom is 0.285 e. The number of aliphatic hydroxyl groups is 1. The molecule has 1 aromatic rings. The molecule has 1 saturated carbocycles. The molecule has 1 aliphatic rings. The molecule has 0 aliphatic heterocycles. The Labute approximate surface area is 123 Å². The van der Waals surface area contributed by atoms with Crippen molar-refractivity contribution in [3.8, 4) is 0 Å². The normalized spacial score (nSPS) is 21.8. The zero-order chi connectivity index (χ0) is 15.4. The van der Waals surface area contributed by atoms with Gasteiger partial charge in [0, 0.05) is 18.0 Å². The van der Waals surface area contributed by atoms with Gasteiger partial charge in [0.25, 0.3) is 11.6 Å². The van der Waals surface area contributed by atoms with Crippen molar-refractivity contribution >= 4 is 11.6 Å². The van der Waals surface area contributed by atoms with Gasteiger partial charge in [0.2, 0.25) is 0 Å². The molecule has 1 fully saturated rings. The van der Waals surface area contributed by atoms with E-state index in [9.17, 15) is 20.0 Å². The lowest BCUT2D eigenvalue weighted by atomic mass is 9.86. The SMILES string of the molecule is Cc1cccc(C(=O)NCC2CCCCC2O)c1[N+](=O)[O-]. The van der Waals surface area contributed by atoms with Gasteiger partial charge in [-0.25, -0.2) is 0 Å². The average molecular weight is 292 g/mol. The zero-order valence-electron chi connectivity index (χ0n) is 12.0. The van der Waals surface area contributed by atoms with Gasteiger partial charge >= 0.3 is 0 Å². The van der Waals surface area contributed by atoms with Gasteiger partial charge in [0.05, 0.1) is 11.0 Å². The van der Waals surface area contributed by atoms with Gasteiger partial charge in [-0.3, -0.25) is 14.9 Å². The van der Waals surface area contributed by atoms with Crippen LogP contribution in [0.4, 0.5) is 5.69 Å². The molecule has 0 bridgehead atoms. The van der Waals surface area contributed by atoms with Gasteiger partial charge in [-0.05, 0) is 25.8 Å². The van der Waals surface area contributed by atoms with Crippen LogP contribution in [0, 0.1) is 23.0 Å². The number of hydrogen-bond donors (Lipinski definition) is 2. The van der Waals surface area contributed by atoms with Crippen LogP contribution >= 0.6 is 0 Å². The number of carbonyl (C=O) groups excluding carboxylic acids is 1. The summed E-state index contributed by atoms with van der Waals surface area (Å²) < 4.78 is 0. The summed E-state index contributed by atoms with van der Waals surface area (Å²) in [6, 6.07) is 4.70. The Morgan fingerprint density at radius 1 is 1.43 bits per heavy atom. The highest BCUT2D eigenvalue weighted by atomic mass is 16.6. The fourth-order valence-electron chi connectivity index (χ4n) is 2.83. The van der Waals surface area contributed by atoms with E-state index in [4.69, 9.17) is 0 Å². The number of nitro groups is 1. The van der Waals surface area contributed by atoms with Crippen molar-refractivity contribution in [2.24, 2.45) is 5.92 Å². The van der Waals surface area contributed by atoms with Gasteiger partial charge in [0.15, 0.2) is 0 Å². The van der Waals surface area contributed by atoms with Gasteiger partial charge in [-0.15, -0.1) is 0 Å². The van der Waals surface area contributed by atoms with E-state index in [1.54, 1.807) is 19.1 Å². The summed E-state index contributed by atoms with van der Waals surface area (Å²) in [6.07, 6.45) is 3.28. The maximum absolute atomic E-state index is 12.2. The van der Waals surface area contributed by atoms with Crippen molar-refractivity contribution in [3.05, 3.63) is 39.4 Å². The fourth-order valence-corrected chi connectivity index (χ4v) is 2.83. The molecule has 21 heavy (non-hydrogen) atoms. The minimum Gasteiger partial charge on any atom is -0.393 e. The van der Waals surface area contributed by atoms with Crippen LogP contribution in [0.1, 0.15) is 41.6 Å². The summed E-state index contributed by atoms with van der Waals surface area (Å²) in [5, 5.41) is 23.7. The van der Waals surface area contributed by atoms with Crippen molar-refractivity contribution in [2.45, 2.75) is 38.7 Å². The number of carbonyl (C=O) groups is 1. The Bertz CT molecular complexity index is 544. The molecule has 0 radical (unpaired) electrons. The molecule has 6 nitrogen and oxygen atoms in total. The first-order valence-electron chi connectivity index (χ1n) is 7.21. The van der Waals surface area contributed by atoms with E-state index < -0.39 is 16.9 Å².